The number of piperazine rings is 1. The lowest BCUT2D eigenvalue weighted by Crippen LogP contribution is -2.54. The standard InChI is InChI=1S/C18H21FN4O2S/c1-13(17(25)21-18-20-6-11-26-18)22-7-9-23(10-8-22)16(24)12-14-4-2-3-5-15(14)19/h2-6,11,13H,7-10,12H2,1H3,(H,20,21,25)/t13-/m0/s1. The number of nitrogens with zero attached hydrogens (tertiary/aromatic N) is 3. The van der Waals surface area contributed by atoms with Crippen LogP contribution >= 0.6 is 11.3 Å². The fraction of sp³-hybridized carbons (Fsp3) is 0.389. The van der Waals surface area contributed by atoms with Gasteiger partial charge in [-0.15, -0.1) is 11.3 Å². The van der Waals surface area contributed by atoms with Crippen molar-refractivity contribution in [2.45, 2.75) is 19.4 Å². The molecule has 138 valence electrons. The number of rotatable bonds is 5. The Balaban J connectivity index is 1.49. The van der Waals surface area contributed by atoms with E-state index < -0.39 is 0 Å². The van der Waals surface area contributed by atoms with Gasteiger partial charge in [-0.05, 0) is 18.6 Å². The summed E-state index contributed by atoms with van der Waals surface area (Å²) >= 11 is 1.38. The molecule has 1 N–H and O–H groups in total. The fourth-order valence-electron chi connectivity index (χ4n) is 2.94. The topological polar surface area (TPSA) is 65.5 Å². The van der Waals surface area contributed by atoms with Gasteiger partial charge >= 0.3 is 0 Å². The molecule has 2 heterocycles. The number of nitrogens with one attached hydrogen (secondary N) is 1. The quantitative estimate of drug-likeness (QED) is 0.867. The van der Waals surface area contributed by atoms with E-state index in [-0.39, 0.29) is 30.1 Å². The highest BCUT2D eigenvalue weighted by atomic mass is 32.1. The average Bonchev–Trinajstić information content (AvgIpc) is 3.16. The SMILES string of the molecule is C[C@@H](C(=O)Nc1nccs1)N1CCN(C(=O)Cc2ccccc2F)CC1. The third-order valence-corrected chi connectivity index (χ3v) is 5.24. The van der Waals surface area contributed by atoms with Gasteiger partial charge in [0, 0.05) is 37.8 Å². The third kappa shape index (κ3) is 4.44. The average molecular weight is 376 g/mol. The molecule has 2 amide bonds. The maximum atomic E-state index is 13.7. The van der Waals surface area contributed by atoms with Gasteiger partial charge in [0.15, 0.2) is 5.13 Å². The molecule has 1 saturated heterocycles. The van der Waals surface area contributed by atoms with Gasteiger partial charge in [-0.2, -0.15) is 0 Å². The Morgan fingerprint density at radius 2 is 2.00 bits per heavy atom. The number of aromatic nitrogens is 1. The fourth-order valence-corrected chi connectivity index (χ4v) is 3.47. The van der Waals surface area contributed by atoms with Gasteiger partial charge in [0.05, 0.1) is 12.5 Å². The Labute approximate surface area is 155 Å². The molecule has 1 aliphatic rings. The summed E-state index contributed by atoms with van der Waals surface area (Å²) in [4.78, 5) is 32.5. The predicted molar refractivity (Wildman–Crippen MR) is 98.5 cm³/mol. The minimum Gasteiger partial charge on any atom is -0.340 e. The van der Waals surface area contributed by atoms with Crippen molar-refractivity contribution in [1.82, 2.24) is 14.8 Å². The van der Waals surface area contributed by atoms with E-state index >= 15 is 0 Å². The van der Waals surface area contributed by atoms with Gasteiger partial charge < -0.3 is 10.2 Å². The van der Waals surface area contributed by atoms with Crippen LogP contribution in [0.15, 0.2) is 35.8 Å². The van der Waals surface area contributed by atoms with Crippen LogP contribution in [0.5, 0.6) is 0 Å². The molecule has 6 nitrogen and oxygen atoms in total. The molecular weight excluding hydrogens is 355 g/mol. The van der Waals surface area contributed by atoms with Crippen molar-refractivity contribution in [3.63, 3.8) is 0 Å². The van der Waals surface area contributed by atoms with Crippen molar-refractivity contribution < 1.29 is 14.0 Å². The van der Waals surface area contributed by atoms with Crippen molar-refractivity contribution in [3.8, 4) is 0 Å². The van der Waals surface area contributed by atoms with Gasteiger partial charge in [0.2, 0.25) is 11.8 Å². The van der Waals surface area contributed by atoms with Crippen LogP contribution in [-0.4, -0.2) is 58.8 Å². The third-order valence-electron chi connectivity index (χ3n) is 4.56. The van der Waals surface area contributed by atoms with Crippen LogP contribution in [0.25, 0.3) is 0 Å². The van der Waals surface area contributed by atoms with E-state index in [0.717, 1.165) is 0 Å². The van der Waals surface area contributed by atoms with Crippen LogP contribution in [-0.2, 0) is 16.0 Å². The van der Waals surface area contributed by atoms with Crippen molar-refractivity contribution in [1.29, 1.82) is 0 Å². The molecule has 0 unspecified atom stereocenters. The van der Waals surface area contributed by atoms with Crippen LogP contribution < -0.4 is 5.32 Å². The molecule has 1 atom stereocenters. The Hall–Kier alpha value is -2.32. The second kappa shape index (κ2) is 8.37. The van der Waals surface area contributed by atoms with E-state index in [4.69, 9.17) is 0 Å². The van der Waals surface area contributed by atoms with E-state index in [1.807, 2.05) is 11.8 Å². The lowest BCUT2D eigenvalue weighted by atomic mass is 10.1. The van der Waals surface area contributed by atoms with E-state index in [9.17, 15) is 14.0 Å². The van der Waals surface area contributed by atoms with E-state index in [1.54, 1.807) is 34.7 Å². The maximum absolute atomic E-state index is 13.7. The van der Waals surface area contributed by atoms with Crippen LogP contribution in [0, 0.1) is 5.82 Å². The first-order chi connectivity index (χ1) is 12.5. The molecule has 0 radical (unpaired) electrons. The monoisotopic (exact) mass is 376 g/mol. The number of amides is 2. The summed E-state index contributed by atoms with van der Waals surface area (Å²) in [6.45, 7) is 4.12. The Morgan fingerprint density at radius 1 is 1.27 bits per heavy atom. The number of thiazole rings is 1. The number of carbonyl (C=O) groups excluding carboxylic acids is 2. The second-order valence-corrected chi connectivity index (χ2v) is 7.08. The number of anilines is 1. The second-order valence-electron chi connectivity index (χ2n) is 6.19. The minimum absolute atomic E-state index is 0.0623. The predicted octanol–water partition coefficient (Wildman–Crippen LogP) is 2.00. The Kier molecular flexibility index (Phi) is 5.95. The summed E-state index contributed by atoms with van der Waals surface area (Å²) in [5, 5.41) is 5.19. The Bertz CT molecular complexity index is 760. The van der Waals surface area contributed by atoms with Gasteiger partial charge in [-0.1, -0.05) is 18.2 Å². The summed E-state index contributed by atoms with van der Waals surface area (Å²) in [6, 6.07) is 6.03. The first-order valence-electron chi connectivity index (χ1n) is 8.50. The number of carbonyl (C=O) groups is 2. The zero-order chi connectivity index (χ0) is 18.5. The van der Waals surface area contributed by atoms with Gasteiger partial charge in [0.25, 0.3) is 0 Å². The summed E-state index contributed by atoms with van der Waals surface area (Å²) in [7, 11) is 0. The molecule has 0 bridgehead atoms. The lowest BCUT2D eigenvalue weighted by Gasteiger charge is -2.37. The highest BCUT2D eigenvalue weighted by Crippen LogP contribution is 2.14. The highest BCUT2D eigenvalue weighted by Gasteiger charge is 2.28. The summed E-state index contributed by atoms with van der Waals surface area (Å²) in [5.74, 6) is -0.548. The molecule has 26 heavy (non-hydrogen) atoms. The number of hydrogen-bond donors (Lipinski definition) is 1. The Morgan fingerprint density at radius 3 is 2.65 bits per heavy atom. The molecule has 0 spiro atoms. The summed E-state index contributed by atoms with van der Waals surface area (Å²) in [5.41, 5.74) is 0.413. The summed E-state index contributed by atoms with van der Waals surface area (Å²) < 4.78 is 13.7. The van der Waals surface area contributed by atoms with Gasteiger partial charge in [-0.3, -0.25) is 14.5 Å². The molecule has 0 saturated carbocycles. The molecule has 1 fully saturated rings. The number of halogens is 1. The van der Waals surface area contributed by atoms with E-state index in [2.05, 4.69) is 10.3 Å². The molecule has 1 aliphatic heterocycles. The molecule has 2 aromatic rings. The number of benzene rings is 1. The van der Waals surface area contributed by atoms with Crippen molar-refractivity contribution in [2.75, 3.05) is 31.5 Å². The van der Waals surface area contributed by atoms with Crippen LogP contribution in [0.2, 0.25) is 0 Å². The zero-order valence-electron chi connectivity index (χ0n) is 14.5. The normalized spacial score (nSPS) is 16.3. The van der Waals surface area contributed by atoms with Crippen LogP contribution in [0.4, 0.5) is 9.52 Å². The summed E-state index contributed by atoms with van der Waals surface area (Å²) in [6.07, 6.45) is 1.71. The molecule has 1 aromatic carbocycles. The first kappa shape index (κ1) is 18.5. The smallest absolute Gasteiger partial charge is 0.243 e. The van der Waals surface area contributed by atoms with Crippen LogP contribution in [0.1, 0.15) is 12.5 Å². The van der Waals surface area contributed by atoms with Gasteiger partial charge in [0.1, 0.15) is 5.82 Å². The highest BCUT2D eigenvalue weighted by molar-refractivity contribution is 7.13. The number of hydrogen-bond acceptors (Lipinski definition) is 5. The van der Waals surface area contributed by atoms with Crippen LogP contribution in [0.3, 0.4) is 0 Å². The van der Waals surface area contributed by atoms with E-state index in [0.29, 0.717) is 36.9 Å². The van der Waals surface area contributed by atoms with Crippen molar-refractivity contribution in [2.24, 2.45) is 0 Å². The molecule has 3 rings (SSSR count). The lowest BCUT2D eigenvalue weighted by molar-refractivity contribution is -0.133. The first-order valence-corrected chi connectivity index (χ1v) is 9.38. The minimum atomic E-state index is -0.355. The van der Waals surface area contributed by atoms with E-state index in [1.165, 1.54) is 17.4 Å². The van der Waals surface area contributed by atoms with Crippen molar-refractivity contribution in [3.05, 3.63) is 47.2 Å². The van der Waals surface area contributed by atoms with Gasteiger partial charge in [-0.25, -0.2) is 9.37 Å². The molecular formula is C18H21FN4O2S. The maximum Gasteiger partial charge on any atom is 0.243 e. The largest absolute Gasteiger partial charge is 0.340 e. The molecule has 8 heteroatoms. The van der Waals surface area contributed by atoms with Crippen molar-refractivity contribution >= 4 is 28.3 Å². The zero-order valence-corrected chi connectivity index (χ0v) is 15.3. The molecule has 0 aliphatic carbocycles. The molecule has 1 aromatic heterocycles.